The van der Waals surface area contributed by atoms with E-state index in [9.17, 15) is 0 Å². The maximum absolute atomic E-state index is 4.78. The fraction of sp³-hybridized carbons (Fsp3) is 0.588. The summed E-state index contributed by atoms with van der Waals surface area (Å²) in [6.07, 6.45) is 9.19. The number of rotatable bonds is 5. The standard InChI is InChI=1S/C17H27N7/c1-4-18-17(19-6-8-24-11-14(2)9-21-24)23-7-5-15(13-23)16-10-20-22(3)12-16/h9-12,15H,4-8,13H2,1-3H3,(H,18,19). The summed E-state index contributed by atoms with van der Waals surface area (Å²) in [6, 6.07) is 0. The lowest BCUT2D eigenvalue weighted by molar-refractivity contribution is 0.483. The molecule has 1 fully saturated rings. The predicted octanol–water partition coefficient (Wildman–Crippen LogP) is 1.38. The zero-order chi connectivity index (χ0) is 16.9. The van der Waals surface area contributed by atoms with E-state index < -0.39 is 0 Å². The molecular formula is C17H27N7. The van der Waals surface area contributed by atoms with Crippen molar-refractivity contribution in [1.29, 1.82) is 0 Å². The predicted molar refractivity (Wildman–Crippen MR) is 95.1 cm³/mol. The largest absolute Gasteiger partial charge is 0.357 e. The van der Waals surface area contributed by atoms with E-state index in [2.05, 4.69) is 46.7 Å². The topological polar surface area (TPSA) is 63.3 Å². The summed E-state index contributed by atoms with van der Waals surface area (Å²) in [5.41, 5.74) is 2.51. The molecule has 2 aromatic heterocycles. The Balaban J connectivity index is 1.59. The average molecular weight is 329 g/mol. The minimum absolute atomic E-state index is 0.538. The highest BCUT2D eigenvalue weighted by Gasteiger charge is 2.26. The number of nitrogens with zero attached hydrogens (tertiary/aromatic N) is 6. The third-order valence-corrected chi connectivity index (χ3v) is 4.37. The Morgan fingerprint density at radius 3 is 2.88 bits per heavy atom. The number of hydrogen-bond donors (Lipinski definition) is 1. The van der Waals surface area contributed by atoms with Crippen LogP contribution < -0.4 is 5.32 Å². The molecule has 0 spiro atoms. The molecule has 0 radical (unpaired) electrons. The number of nitrogens with one attached hydrogen (secondary N) is 1. The molecule has 3 rings (SSSR count). The molecule has 3 heterocycles. The third-order valence-electron chi connectivity index (χ3n) is 4.37. The molecule has 1 atom stereocenters. The normalized spacial score (nSPS) is 18.4. The second-order valence-electron chi connectivity index (χ2n) is 6.40. The van der Waals surface area contributed by atoms with Gasteiger partial charge in [0.1, 0.15) is 0 Å². The molecule has 1 aliphatic heterocycles. The summed E-state index contributed by atoms with van der Waals surface area (Å²) < 4.78 is 3.83. The van der Waals surface area contributed by atoms with Gasteiger partial charge < -0.3 is 10.2 Å². The number of aromatic nitrogens is 4. The first kappa shape index (κ1) is 16.5. The van der Waals surface area contributed by atoms with Crippen LogP contribution in [0.4, 0.5) is 0 Å². The van der Waals surface area contributed by atoms with Crippen molar-refractivity contribution in [2.45, 2.75) is 32.7 Å². The molecule has 7 heteroatoms. The Bertz CT molecular complexity index is 685. The molecule has 24 heavy (non-hydrogen) atoms. The first-order chi connectivity index (χ1) is 11.7. The Morgan fingerprint density at radius 2 is 2.21 bits per heavy atom. The van der Waals surface area contributed by atoms with E-state index >= 15 is 0 Å². The molecule has 2 aromatic rings. The number of hydrogen-bond acceptors (Lipinski definition) is 3. The van der Waals surface area contributed by atoms with Crippen molar-refractivity contribution in [2.24, 2.45) is 12.0 Å². The molecule has 7 nitrogen and oxygen atoms in total. The van der Waals surface area contributed by atoms with E-state index in [1.165, 1.54) is 11.1 Å². The van der Waals surface area contributed by atoms with E-state index in [0.717, 1.165) is 45.1 Å². The van der Waals surface area contributed by atoms with Gasteiger partial charge in [0.25, 0.3) is 0 Å². The molecule has 1 saturated heterocycles. The molecule has 130 valence electrons. The molecule has 0 saturated carbocycles. The molecule has 1 unspecified atom stereocenters. The third kappa shape index (κ3) is 3.96. The lowest BCUT2D eigenvalue weighted by Crippen LogP contribution is -2.40. The van der Waals surface area contributed by atoms with Crippen molar-refractivity contribution >= 4 is 5.96 Å². The zero-order valence-corrected chi connectivity index (χ0v) is 14.8. The number of aliphatic imine (C=N–C) groups is 1. The van der Waals surface area contributed by atoms with Gasteiger partial charge >= 0.3 is 0 Å². The van der Waals surface area contributed by atoms with Crippen LogP contribution >= 0.6 is 0 Å². The zero-order valence-electron chi connectivity index (χ0n) is 14.8. The summed E-state index contributed by atoms with van der Waals surface area (Å²) in [5.74, 6) is 1.55. The van der Waals surface area contributed by atoms with E-state index in [1.807, 2.05) is 28.8 Å². The molecule has 1 N–H and O–H groups in total. The summed E-state index contributed by atoms with van der Waals surface area (Å²) in [5, 5.41) is 12.0. The van der Waals surface area contributed by atoms with Crippen molar-refractivity contribution in [2.75, 3.05) is 26.2 Å². The van der Waals surface area contributed by atoms with Gasteiger partial charge in [-0.2, -0.15) is 10.2 Å². The summed E-state index contributed by atoms with van der Waals surface area (Å²) in [4.78, 5) is 7.14. The van der Waals surface area contributed by atoms with Crippen LogP contribution in [0, 0.1) is 6.92 Å². The number of aryl methyl sites for hydroxylation is 2. The summed E-state index contributed by atoms with van der Waals surface area (Å²) >= 11 is 0. The van der Waals surface area contributed by atoms with E-state index in [1.54, 1.807) is 0 Å². The van der Waals surface area contributed by atoms with Crippen molar-refractivity contribution in [3.05, 3.63) is 35.9 Å². The van der Waals surface area contributed by atoms with Crippen LogP contribution in [0.2, 0.25) is 0 Å². The maximum atomic E-state index is 4.78. The molecule has 0 amide bonds. The fourth-order valence-electron chi connectivity index (χ4n) is 3.15. The maximum Gasteiger partial charge on any atom is 0.193 e. The van der Waals surface area contributed by atoms with Gasteiger partial charge in [0.15, 0.2) is 5.96 Å². The SMILES string of the molecule is CCNC(=NCCn1cc(C)cn1)N1CCC(c2cnn(C)c2)C1. The van der Waals surface area contributed by atoms with Crippen LogP contribution in [0.5, 0.6) is 0 Å². The quantitative estimate of drug-likeness (QED) is 0.665. The van der Waals surface area contributed by atoms with Crippen LogP contribution in [0.15, 0.2) is 29.8 Å². The first-order valence-corrected chi connectivity index (χ1v) is 8.66. The lowest BCUT2D eigenvalue weighted by Gasteiger charge is -2.21. The fourth-order valence-corrected chi connectivity index (χ4v) is 3.15. The highest BCUT2D eigenvalue weighted by atomic mass is 15.3. The second kappa shape index (κ2) is 7.51. The van der Waals surface area contributed by atoms with Gasteiger partial charge in [-0.25, -0.2) is 0 Å². The van der Waals surface area contributed by atoms with Gasteiger partial charge in [-0.3, -0.25) is 14.4 Å². The first-order valence-electron chi connectivity index (χ1n) is 8.66. The minimum atomic E-state index is 0.538. The second-order valence-corrected chi connectivity index (χ2v) is 6.40. The number of guanidine groups is 1. The Morgan fingerprint density at radius 1 is 1.33 bits per heavy atom. The van der Waals surface area contributed by atoms with Crippen molar-refractivity contribution in [3.8, 4) is 0 Å². The minimum Gasteiger partial charge on any atom is -0.357 e. The van der Waals surface area contributed by atoms with Crippen LogP contribution in [0.1, 0.15) is 30.4 Å². The van der Waals surface area contributed by atoms with Crippen molar-refractivity contribution in [1.82, 2.24) is 29.8 Å². The Hall–Kier alpha value is -2.31. The highest BCUT2D eigenvalue weighted by Crippen LogP contribution is 2.26. The van der Waals surface area contributed by atoms with Crippen LogP contribution in [0.25, 0.3) is 0 Å². The molecule has 0 aromatic carbocycles. The van der Waals surface area contributed by atoms with Crippen molar-refractivity contribution in [3.63, 3.8) is 0 Å². The van der Waals surface area contributed by atoms with Gasteiger partial charge in [-0.05, 0) is 31.4 Å². The molecular weight excluding hydrogens is 302 g/mol. The molecule has 1 aliphatic rings. The Labute approximate surface area is 143 Å². The van der Waals surface area contributed by atoms with E-state index in [4.69, 9.17) is 4.99 Å². The van der Waals surface area contributed by atoms with Gasteiger partial charge in [0.05, 0.1) is 25.5 Å². The summed E-state index contributed by atoms with van der Waals surface area (Å²) in [6.45, 7) is 8.62. The van der Waals surface area contributed by atoms with Gasteiger partial charge in [-0.1, -0.05) is 0 Å². The Kier molecular flexibility index (Phi) is 5.17. The van der Waals surface area contributed by atoms with E-state index in [-0.39, 0.29) is 0 Å². The van der Waals surface area contributed by atoms with Crippen LogP contribution in [-0.2, 0) is 13.6 Å². The highest BCUT2D eigenvalue weighted by molar-refractivity contribution is 5.80. The van der Waals surface area contributed by atoms with Gasteiger partial charge in [0.2, 0.25) is 0 Å². The monoisotopic (exact) mass is 329 g/mol. The molecule has 0 bridgehead atoms. The lowest BCUT2D eigenvalue weighted by atomic mass is 10.0. The average Bonchev–Trinajstić information content (AvgIpc) is 3.27. The summed E-state index contributed by atoms with van der Waals surface area (Å²) in [7, 11) is 1.97. The number of likely N-dealkylation sites (tertiary alicyclic amines) is 1. The van der Waals surface area contributed by atoms with Gasteiger partial charge in [-0.15, -0.1) is 0 Å². The smallest absolute Gasteiger partial charge is 0.193 e. The van der Waals surface area contributed by atoms with Crippen LogP contribution in [0.3, 0.4) is 0 Å². The molecule has 0 aliphatic carbocycles. The van der Waals surface area contributed by atoms with Crippen LogP contribution in [-0.4, -0.2) is 56.6 Å². The van der Waals surface area contributed by atoms with Gasteiger partial charge in [0, 0.05) is 45.0 Å². The van der Waals surface area contributed by atoms with Crippen molar-refractivity contribution < 1.29 is 0 Å². The van der Waals surface area contributed by atoms with E-state index in [0.29, 0.717) is 5.92 Å².